The van der Waals surface area contributed by atoms with E-state index in [1.165, 1.54) is 33.0 Å². The molecule has 4 nitrogen and oxygen atoms in total. The maximum absolute atomic E-state index is 12.3. The zero-order valence-corrected chi connectivity index (χ0v) is 36.7. The van der Waals surface area contributed by atoms with Crippen LogP contribution in [0.2, 0.25) is 0 Å². The van der Waals surface area contributed by atoms with Crippen molar-refractivity contribution in [1.29, 1.82) is 0 Å². The van der Waals surface area contributed by atoms with Gasteiger partial charge in [-0.3, -0.25) is 4.79 Å². The van der Waals surface area contributed by atoms with Crippen molar-refractivity contribution < 1.29 is 44.5 Å². The molecule has 2 aromatic heterocycles. The number of benzene rings is 4. The number of hydrogen-bond donors (Lipinski definition) is 1. The number of alkyl halides is 3. The summed E-state index contributed by atoms with van der Waals surface area (Å²) in [5.74, 6) is -2.00. The molecule has 0 fully saturated rings. The predicted molar refractivity (Wildman–Crippen MR) is 225 cm³/mol. The molecule has 1 unspecified atom stereocenters. The van der Waals surface area contributed by atoms with E-state index in [0.29, 0.717) is 19.0 Å². The largest absolute Gasteiger partial charge is 0.512 e. The number of nitrogens with zero attached hydrogens (tertiary/aromatic N) is 2. The SMILES string of the molecule is CCC(CC)C(=O)/C=C(\O)C(CC)CC(F)(F)F.Cc1[c-]c(-c2nccc3cc(C)ccc23)cc(C)c1.[2H]c1cc2cc(C)ccc2c(-c2[c-]c(C)cc(C)c2)n1.[Ir]. The van der Waals surface area contributed by atoms with Gasteiger partial charge in [0.25, 0.3) is 0 Å². The Morgan fingerprint density at radius 3 is 1.63 bits per heavy atom. The Kier molecular flexibility index (Phi) is 16.8. The molecule has 0 saturated carbocycles. The molecule has 8 heteroatoms. The minimum atomic E-state index is -4.33. The minimum absolute atomic E-state index is 0. The van der Waals surface area contributed by atoms with Crippen LogP contribution in [0.4, 0.5) is 13.2 Å². The molecule has 0 amide bonds. The van der Waals surface area contributed by atoms with Gasteiger partial charge in [-0.1, -0.05) is 96.0 Å². The third-order valence-corrected chi connectivity index (χ3v) is 9.65. The average molecular weight is 952 g/mol. The Bertz CT molecular complexity index is 2320. The van der Waals surface area contributed by atoms with E-state index >= 15 is 0 Å². The summed E-state index contributed by atoms with van der Waals surface area (Å²) in [6.45, 7) is 17.7. The van der Waals surface area contributed by atoms with Crippen molar-refractivity contribution in [2.24, 2.45) is 11.8 Å². The van der Waals surface area contributed by atoms with E-state index in [4.69, 9.17) is 1.37 Å². The third kappa shape index (κ3) is 13.5. The molecule has 0 aliphatic heterocycles. The van der Waals surface area contributed by atoms with Crippen LogP contribution in [0.15, 0.2) is 97.0 Å². The van der Waals surface area contributed by atoms with Gasteiger partial charge in [-0.25, -0.2) is 0 Å². The standard InChI is InChI=1S/2C18H16N.C13H21F3O2.Ir/c2*1-12-4-5-17-15(9-12)6-7-19-18(17)16-10-13(2)8-14(3)11-16;1-4-9(5-2)11(17)7-12(18)10(6-3)8-13(14,15)16;/h2*4-10H,1-3H3;7,9-10,18H,4-6,8H2,1-3H3;/q2*-1;;/b;;12-7-;/i7D;;;. The number of rotatable bonds is 9. The Morgan fingerprint density at radius 1 is 0.702 bits per heavy atom. The fourth-order valence-corrected chi connectivity index (χ4v) is 6.82. The number of fused-ring (bicyclic) bond motifs is 2. The van der Waals surface area contributed by atoms with Crippen LogP contribution in [0.3, 0.4) is 0 Å². The molecule has 0 aliphatic rings. The van der Waals surface area contributed by atoms with Crippen LogP contribution in [-0.2, 0) is 24.9 Å². The maximum atomic E-state index is 12.3. The minimum Gasteiger partial charge on any atom is -0.512 e. The number of aliphatic hydroxyl groups excluding tert-OH is 1. The van der Waals surface area contributed by atoms with Gasteiger partial charge in [0.05, 0.1) is 13.6 Å². The van der Waals surface area contributed by atoms with Crippen LogP contribution in [0.25, 0.3) is 44.1 Å². The molecule has 1 N–H and O–H groups in total. The smallest absolute Gasteiger partial charge is 0.389 e. The first-order chi connectivity index (χ1) is 26.9. The monoisotopic (exact) mass is 952 g/mol. The number of allylic oxidation sites excluding steroid dienone is 2. The predicted octanol–water partition coefficient (Wildman–Crippen LogP) is 13.7. The quantitative estimate of drug-likeness (QED) is 0.0891. The van der Waals surface area contributed by atoms with Crippen molar-refractivity contribution in [2.75, 3.05) is 0 Å². The van der Waals surface area contributed by atoms with Crippen LogP contribution in [0.5, 0.6) is 0 Å². The van der Waals surface area contributed by atoms with Crippen LogP contribution < -0.4 is 0 Å². The molecule has 1 atom stereocenters. The van der Waals surface area contributed by atoms with Gasteiger partial charge in [-0.15, -0.1) is 69.8 Å². The number of aryl methyl sites for hydroxylation is 6. The van der Waals surface area contributed by atoms with Crippen molar-refractivity contribution in [1.82, 2.24) is 9.97 Å². The molecule has 0 spiro atoms. The van der Waals surface area contributed by atoms with E-state index in [2.05, 4.69) is 123 Å². The molecule has 1 radical (unpaired) electrons. The fraction of sp³-hybridized carbons (Fsp3) is 0.327. The van der Waals surface area contributed by atoms with Crippen LogP contribution in [0, 0.1) is 65.5 Å². The summed E-state index contributed by atoms with van der Waals surface area (Å²) in [6, 6.07) is 31.8. The number of hydrogen-bond acceptors (Lipinski definition) is 4. The maximum Gasteiger partial charge on any atom is 0.389 e. The second-order valence-electron chi connectivity index (χ2n) is 14.6. The molecule has 0 aliphatic carbocycles. The van der Waals surface area contributed by atoms with Crippen molar-refractivity contribution in [3.63, 3.8) is 0 Å². The summed E-state index contributed by atoms with van der Waals surface area (Å²) in [7, 11) is 0. The second kappa shape index (κ2) is 21.2. The van der Waals surface area contributed by atoms with E-state index in [0.717, 1.165) is 50.5 Å². The van der Waals surface area contributed by atoms with E-state index in [1.54, 1.807) is 6.92 Å². The van der Waals surface area contributed by atoms with Crippen LogP contribution >= 0.6 is 0 Å². The van der Waals surface area contributed by atoms with Crippen molar-refractivity contribution in [2.45, 2.75) is 94.2 Å². The van der Waals surface area contributed by atoms with E-state index in [-0.39, 0.29) is 38.2 Å². The molecule has 303 valence electrons. The summed E-state index contributed by atoms with van der Waals surface area (Å²) in [5, 5.41) is 14.2. The van der Waals surface area contributed by atoms with Crippen molar-refractivity contribution in [3.05, 3.63) is 143 Å². The number of halogens is 3. The summed E-state index contributed by atoms with van der Waals surface area (Å²) in [5.41, 5.74) is 11.1. The second-order valence-corrected chi connectivity index (χ2v) is 14.6. The van der Waals surface area contributed by atoms with Gasteiger partial charge in [-0.2, -0.15) is 13.2 Å². The molecule has 6 aromatic rings. The number of pyridine rings is 2. The molecule has 6 rings (SSSR count). The first-order valence-corrected chi connectivity index (χ1v) is 19.2. The first-order valence-electron chi connectivity index (χ1n) is 19.7. The average Bonchev–Trinajstić information content (AvgIpc) is 3.12. The van der Waals surface area contributed by atoms with Gasteiger partial charge in [0, 0.05) is 50.4 Å². The fourth-order valence-electron chi connectivity index (χ4n) is 6.82. The molecule has 0 saturated heterocycles. The zero-order valence-electron chi connectivity index (χ0n) is 35.3. The number of carbonyl (C=O) groups excluding carboxylic acids is 1. The van der Waals surface area contributed by atoms with Gasteiger partial charge in [-0.05, 0) is 78.2 Å². The van der Waals surface area contributed by atoms with Crippen LogP contribution in [-0.4, -0.2) is 27.0 Å². The molecule has 4 aromatic carbocycles. The zero-order chi connectivity index (χ0) is 42.0. The topological polar surface area (TPSA) is 63.1 Å². The third-order valence-electron chi connectivity index (χ3n) is 9.65. The normalized spacial score (nSPS) is 12.2. The number of aromatic nitrogens is 2. The van der Waals surface area contributed by atoms with Crippen LogP contribution in [0.1, 0.15) is 81.2 Å². The van der Waals surface area contributed by atoms with Gasteiger partial charge in [0.1, 0.15) is 0 Å². The molecule has 2 heterocycles. The van der Waals surface area contributed by atoms with Gasteiger partial charge < -0.3 is 15.1 Å². The number of aliphatic hydroxyl groups is 1. The number of ketones is 1. The first kappa shape index (κ1) is 45.1. The summed E-state index contributed by atoms with van der Waals surface area (Å²) in [4.78, 5) is 20.7. The Balaban J connectivity index is 0.000000231. The summed E-state index contributed by atoms with van der Waals surface area (Å²) in [6.07, 6.45) is -0.893. The van der Waals surface area contributed by atoms with Gasteiger partial charge in [0.15, 0.2) is 5.78 Å². The molecular formula is C49H53F3IrN2O2-2. The number of carbonyl (C=O) groups is 1. The summed E-state index contributed by atoms with van der Waals surface area (Å²) >= 11 is 0. The molecular weight excluding hydrogens is 898 g/mol. The summed E-state index contributed by atoms with van der Waals surface area (Å²) < 4.78 is 44.7. The van der Waals surface area contributed by atoms with Crippen molar-refractivity contribution in [3.8, 4) is 22.5 Å². The van der Waals surface area contributed by atoms with E-state index in [1.807, 2.05) is 33.0 Å². The Morgan fingerprint density at radius 2 is 1.18 bits per heavy atom. The van der Waals surface area contributed by atoms with Gasteiger partial charge in [0.2, 0.25) is 0 Å². The van der Waals surface area contributed by atoms with E-state index < -0.39 is 24.3 Å². The Labute approximate surface area is 351 Å². The van der Waals surface area contributed by atoms with Crippen molar-refractivity contribution >= 4 is 27.3 Å². The van der Waals surface area contributed by atoms with E-state index in [9.17, 15) is 23.1 Å². The van der Waals surface area contributed by atoms with Gasteiger partial charge >= 0.3 is 6.18 Å². The molecule has 57 heavy (non-hydrogen) atoms. The molecule has 0 bridgehead atoms. The Hall–Kier alpha value is -4.65.